The number of carbonyl (C=O) groups is 1. The van der Waals surface area contributed by atoms with Gasteiger partial charge in [0.15, 0.2) is 0 Å². The number of amides is 1. The zero-order chi connectivity index (χ0) is 8.77. The molecule has 0 saturated carbocycles. The molecule has 0 aliphatic carbocycles. The molecule has 0 radical (unpaired) electrons. The highest BCUT2D eigenvalue weighted by atomic mass is 19.2. The third-order valence-electron chi connectivity index (χ3n) is 2.92. The van der Waals surface area contributed by atoms with Gasteiger partial charge in [0.1, 0.15) is 0 Å². The Hall–Kier alpha value is -0.640. The predicted octanol–water partition coefficient (Wildman–Crippen LogP) is 0.425. The first-order valence-electron chi connectivity index (χ1n) is 4.26. The zero-order valence-corrected chi connectivity index (χ0v) is 7.22. The number of carbonyl (C=O) groups excluding carboxylic acids is 1. The van der Waals surface area contributed by atoms with Gasteiger partial charge in [0, 0.05) is 38.5 Å². The minimum absolute atomic E-state index is 0.0689. The lowest BCUT2D eigenvalue weighted by Crippen LogP contribution is -2.27. The van der Waals surface area contributed by atoms with Gasteiger partial charge in [-0.2, -0.15) is 0 Å². The Balaban J connectivity index is 2.10. The second-order valence-corrected chi connectivity index (χ2v) is 4.02. The average molecular weight is 172 g/mol. The van der Waals surface area contributed by atoms with Crippen LogP contribution in [0.2, 0.25) is 0 Å². The summed E-state index contributed by atoms with van der Waals surface area (Å²) in [6.45, 7) is 1.65. The number of rotatable bonds is 0. The van der Waals surface area contributed by atoms with E-state index in [0.717, 1.165) is 18.1 Å². The highest BCUT2D eigenvalue weighted by molar-refractivity contribution is 5.79. The van der Waals surface area contributed by atoms with Crippen LogP contribution in [0.4, 0.5) is 4.48 Å². The van der Waals surface area contributed by atoms with Gasteiger partial charge in [-0.15, -0.1) is 9.60 Å². The molecular formula is C8H13FN2O. The molecule has 4 heteroatoms. The zero-order valence-electron chi connectivity index (χ0n) is 7.22. The van der Waals surface area contributed by atoms with E-state index in [1.54, 1.807) is 11.9 Å². The molecule has 2 heterocycles. The molecule has 1 amide bonds. The molecule has 12 heavy (non-hydrogen) atoms. The van der Waals surface area contributed by atoms with Crippen molar-refractivity contribution in [1.82, 2.24) is 10.0 Å². The topological polar surface area (TPSA) is 23.6 Å². The summed E-state index contributed by atoms with van der Waals surface area (Å²) in [4.78, 5) is 12.9. The largest absolute Gasteiger partial charge is 0.345 e. The van der Waals surface area contributed by atoms with Gasteiger partial charge in [-0.3, -0.25) is 4.79 Å². The molecule has 2 rings (SSSR count). The van der Waals surface area contributed by atoms with E-state index in [2.05, 4.69) is 0 Å². The van der Waals surface area contributed by atoms with Crippen LogP contribution >= 0.6 is 0 Å². The fourth-order valence-corrected chi connectivity index (χ4v) is 2.26. The highest BCUT2D eigenvalue weighted by Gasteiger charge is 2.46. The van der Waals surface area contributed by atoms with Crippen LogP contribution in [0.3, 0.4) is 0 Å². The summed E-state index contributed by atoms with van der Waals surface area (Å²) >= 11 is 0. The van der Waals surface area contributed by atoms with Crippen LogP contribution in [-0.4, -0.2) is 42.6 Å². The van der Waals surface area contributed by atoms with Crippen molar-refractivity contribution in [2.24, 2.45) is 5.41 Å². The van der Waals surface area contributed by atoms with Crippen LogP contribution in [-0.2, 0) is 4.79 Å². The van der Waals surface area contributed by atoms with Crippen molar-refractivity contribution in [3.8, 4) is 0 Å². The van der Waals surface area contributed by atoms with Crippen molar-refractivity contribution in [2.45, 2.75) is 12.8 Å². The summed E-state index contributed by atoms with van der Waals surface area (Å²) in [5.74, 6) is 0.158. The monoisotopic (exact) mass is 172 g/mol. The lowest BCUT2D eigenvalue weighted by molar-refractivity contribution is -0.126. The van der Waals surface area contributed by atoms with Crippen molar-refractivity contribution in [1.29, 1.82) is 0 Å². The Bertz CT molecular complexity index is 221. The van der Waals surface area contributed by atoms with Crippen LogP contribution in [0, 0.1) is 5.41 Å². The third kappa shape index (κ3) is 1.10. The second kappa shape index (κ2) is 2.42. The van der Waals surface area contributed by atoms with Crippen LogP contribution in [0.25, 0.3) is 0 Å². The summed E-state index contributed by atoms with van der Waals surface area (Å²) in [6.07, 6.45) is 1.35. The molecule has 1 unspecified atom stereocenters. The predicted molar refractivity (Wildman–Crippen MR) is 42.0 cm³/mol. The first kappa shape index (κ1) is 7.98. The van der Waals surface area contributed by atoms with E-state index in [0.29, 0.717) is 19.5 Å². The van der Waals surface area contributed by atoms with Crippen LogP contribution in [0.15, 0.2) is 0 Å². The molecule has 0 bridgehead atoms. The van der Waals surface area contributed by atoms with Crippen molar-refractivity contribution in [3.63, 3.8) is 0 Å². The van der Waals surface area contributed by atoms with Crippen LogP contribution < -0.4 is 0 Å². The number of nitrogens with zero attached hydrogens (tertiary/aromatic N) is 2. The Morgan fingerprint density at radius 1 is 1.50 bits per heavy atom. The van der Waals surface area contributed by atoms with E-state index >= 15 is 0 Å². The summed E-state index contributed by atoms with van der Waals surface area (Å²) in [7, 11) is 1.79. The molecule has 0 aromatic heterocycles. The molecule has 2 fully saturated rings. The van der Waals surface area contributed by atoms with Crippen LogP contribution in [0.1, 0.15) is 12.8 Å². The fourth-order valence-electron chi connectivity index (χ4n) is 2.26. The molecule has 0 aromatic rings. The minimum Gasteiger partial charge on any atom is -0.345 e. The molecule has 1 spiro atoms. The van der Waals surface area contributed by atoms with E-state index < -0.39 is 0 Å². The summed E-state index contributed by atoms with van der Waals surface area (Å²) in [6, 6.07) is 0. The van der Waals surface area contributed by atoms with Crippen molar-refractivity contribution >= 4 is 5.91 Å². The van der Waals surface area contributed by atoms with E-state index in [1.807, 2.05) is 0 Å². The van der Waals surface area contributed by atoms with Crippen molar-refractivity contribution in [2.75, 3.05) is 26.7 Å². The molecular weight excluding hydrogens is 159 g/mol. The van der Waals surface area contributed by atoms with E-state index in [-0.39, 0.29) is 11.3 Å². The third-order valence-corrected chi connectivity index (χ3v) is 2.92. The van der Waals surface area contributed by atoms with Gasteiger partial charge < -0.3 is 4.90 Å². The fraction of sp³-hybridized carbons (Fsp3) is 0.875. The molecule has 1 atom stereocenters. The maximum Gasteiger partial charge on any atom is 0.223 e. The molecule has 2 aliphatic rings. The van der Waals surface area contributed by atoms with Crippen molar-refractivity contribution < 1.29 is 9.28 Å². The molecule has 0 aromatic carbocycles. The van der Waals surface area contributed by atoms with Gasteiger partial charge in [-0.05, 0) is 6.42 Å². The van der Waals surface area contributed by atoms with Gasteiger partial charge in [-0.25, -0.2) is 0 Å². The summed E-state index contributed by atoms with van der Waals surface area (Å²) in [5.41, 5.74) is -0.0689. The summed E-state index contributed by atoms with van der Waals surface area (Å²) < 4.78 is 12.8. The molecule has 2 aliphatic heterocycles. The van der Waals surface area contributed by atoms with Gasteiger partial charge in [0.05, 0.1) is 0 Å². The van der Waals surface area contributed by atoms with E-state index in [9.17, 15) is 9.28 Å². The number of hydrogen-bond donors (Lipinski definition) is 0. The Labute approximate surface area is 71.1 Å². The Kier molecular flexibility index (Phi) is 1.61. The quantitative estimate of drug-likeness (QED) is 0.494. The summed E-state index contributed by atoms with van der Waals surface area (Å²) in [5, 5.41) is 0.826. The first-order valence-corrected chi connectivity index (χ1v) is 4.26. The smallest absolute Gasteiger partial charge is 0.223 e. The molecule has 0 N–H and O–H groups in total. The molecule has 3 nitrogen and oxygen atoms in total. The van der Waals surface area contributed by atoms with Gasteiger partial charge in [0.2, 0.25) is 5.91 Å². The first-order chi connectivity index (χ1) is 5.61. The number of halogens is 1. The normalized spacial score (nSPS) is 37.2. The average Bonchev–Trinajstić information content (AvgIpc) is 2.42. The maximum absolute atomic E-state index is 12.8. The molecule has 2 saturated heterocycles. The van der Waals surface area contributed by atoms with Gasteiger partial charge in [-0.1, -0.05) is 0 Å². The Morgan fingerprint density at radius 3 is 2.67 bits per heavy atom. The SMILES string of the molecule is CN1CC2(CCN(F)C2)CC1=O. The van der Waals surface area contributed by atoms with E-state index in [1.165, 1.54) is 0 Å². The highest BCUT2D eigenvalue weighted by Crippen LogP contribution is 2.39. The van der Waals surface area contributed by atoms with E-state index in [4.69, 9.17) is 0 Å². The lowest BCUT2D eigenvalue weighted by atomic mass is 9.86. The number of hydrogen-bond acceptors (Lipinski definition) is 2. The molecule has 68 valence electrons. The second-order valence-electron chi connectivity index (χ2n) is 4.02. The maximum atomic E-state index is 12.8. The van der Waals surface area contributed by atoms with Crippen LogP contribution in [0.5, 0.6) is 0 Å². The number of likely N-dealkylation sites (tertiary alicyclic amines) is 1. The van der Waals surface area contributed by atoms with Crippen molar-refractivity contribution in [3.05, 3.63) is 0 Å². The standard InChI is InChI=1S/C8H13FN2O/c1-10-5-8(4-7(10)12)2-3-11(9)6-8/h2-6H2,1H3. The lowest BCUT2D eigenvalue weighted by Gasteiger charge is -2.19. The Morgan fingerprint density at radius 2 is 2.25 bits per heavy atom. The van der Waals surface area contributed by atoms with Gasteiger partial charge >= 0.3 is 0 Å². The van der Waals surface area contributed by atoms with Gasteiger partial charge in [0.25, 0.3) is 0 Å². The minimum atomic E-state index is -0.0689.